The Balaban J connectivity index is 1.89. The van der Waals surface area contributed by atoms with Crippen LogP contribution in [-0.4, -0.2) is 29.2 Å². The molecule has 0 saturated heterocycles. The Hall–Kier alpha value is -1.62. The van der Waals surface area contributed by atoms with Gasteiger partial charge in [0.2, 0.25) is 0 Å². The average molecular weight is 289 g/mol. The van der Waals surface area contributed by atoms with Crippen LogP contribution < -0.4 is 5.73 Å². The SMILES string of the molecule is CCCN(C(=O)C1=Cc2sccc2N=C(N)C1)C1CC1. The van der Waals surface area contributed by atoms with Crippen molar-refractivity contribution in [2.24, 2.45) is 10.7 Å². The number of aliphatic imine (C=N–C) groups is 1. The summed E-state index contributed by atoms with van der Waals surface area (Å²) in [5, 5.41) is 1.98. The van der Waals surface area contributed by atoms with E-state index in [1.807, 2.05) is 22.4 Å². The monoisotopic (exact) mass is 289 g/mol. The molecule has 20 heavy (non-hydrogen) atoms. The van der Waals surface area contributed by atoms with Crippen LogP contribution in [0.3, 0.4) is 0 Å². The van der Waals surface area contributed by atoms with Crippen molar-refractivity contribution in [2.45, 2.75) is 38.6 Å². The minimum Gasteiger partial charge on any atom is -0.387 e. The van der Waals surface area contributed by atoms with Crippen molar-refractivity contribution in [3.05, 3.63) is 21.9 Å². The third-order valence-electron chi connectivity index (χ3n) is 3.60. The maximum Gasteiger partial charge on any atom is 0.250 e. The van der Waals surface area contributed by atoms with Crippen LogP contribution in [0.25, 0.3) is 6.08 Å². The Morgan fingerprint density at radius 3 is 3.05 bits per heavy atom. The smallest absolute Gasteiger partial charge is 0.250 e. The Morgan fingerprint density at radius 2 is 2.35 bits per heavy atom. The molecule has 0 bridgehead atoms. The van der Waals surface area contributed by atoms with Crippen molar-refractivity contribution in [3.63, 3.8) is 0 Å². The molecule has 1 fully saturated rings. The van der Waals surface area contributed by atoms with Gasteiger partial charge >= 0.3 is 0 Å². The predicted octanol–water partition coefficient (Wildman–Crippen LogP) is 2.92. The van der Waals surface area contributed by atoms with E-state index < -0.39 is 0 Å². The maximum atomic E-state index is 12.8. The average Bonchev–Trinajstić information content (AvgIpc) is 3.20. The van der Waals surface area contributed by atoms with Crippen molar-refractivity contribution < 1.29 is 4.79 Å². The summed E-state index contributed by atoms with van der Waals surface area (Å²) in [7, 11) is 0. The molecular formula is C15H19N3OS. The largest absolute Gasteiger partial charge is 0.387 e. The first-order chi connectivity index (χ1) is 9.69. The topological polar surface area (TPSA) is 58.7 Å². The zero-order chi connectivity index (χ0) is 14.1. The summed E-state index contributed by atoms with van der Waals surface area (Å²) in [6.07, 6.45) is 5.67. The number of nitrogens with zero attached hydrogens (tertiary/aromatic N) is 2. The van der Waals surface area contributed by atoms with Crippen LogP contribution in [0, 0.1) is 0 Å². The van der Waals surface area contributed by atoms with Crippen molar-refractivity contribution in [2.75, 3.05) is 6.54 Å². The lowest BCUT2D eigenvalue weighted by Gasteiger charge is -2.23. The number of thiophene rings is 1. The number of nitrogens with two attached hydrogens (primary N) is 1. The Bertz CT molecular complexity index is 584. The zero-order valence-corrected chi connectivity index (χ0v) is 12.4. The van der Waals surface area contributed by atoms with Gasteiger partial charge < -0.3 is 10.6 Å². The Morgan fingerprint density at radius 1 is 1.55 bits per heavy atom. The maximum absolute atomic E-state index is 12.8. The molecule has 3 rings (SSSR count). The van der Waals surface area contributed by atoms with Crippen LogP contribution in [0.4, 0.5) is 5.69 Å². The Labute approximate surface area is 123 Å². The van der Waals surface area contributed by atoms with Gasteiger partial charge in [0.25, 0.3) is 5.91 Å². The quantitative estimate of drug-likeness (QED) is 0.926. The first-order valence-corrected chi connectivity index (χ1v) is 7.99. The van der Waals surface area contributed by atoms with Crippen LogP contribution in [0.15, 0.2) is 22.0 Å². The lowest BCUT2D eigenvalue weighted by Crippen LogP contribution is -2.35. The number of carbonyl (C=O) groups is 1. The number of amides is 1. The number of hydrogen-bond donors (Lipinski definition) is 1. The highest BCUT2D eigenvalue weighted by Crippen LogP contribution is 2.33. The standard InChI is InChI=1S/C15H19N3OS/c1-2-6-18(11-3-4-11)15(19)10-8-13-12(5-7-20-13)17-14(16)9-10/h5,7-8,11H,2-4,6,9H2,1H3,(H2,16,17). The Kier molecular flexibility index (Phi) is 3.61. The molecule has 0 aromatic carbocycles. The molecule has 0 unspecified atom stereocenters. The van der Waals surface area contributed by atoms with Crippen LogP contribution in [0.5, 0.6) is 0 Å². The summed E-state index contributed by atoms with van der Waals surface area (Å²) in [6, 6.07) is 2.38. The van der Waals surface area contributed by atoms with Gasteiger partial charge in [0, 0.05) is 24.6 Å². The highest BCUT2D eigenvalue weighted by atomic mass is 32.1. The summed E-state index contributed by atoms with van der Waals surface area (Å²) in [5.41, 5.74) is 7.60. The predicted molar refractivity (Wildman–Crippen MR) is 83.2 cm³/mol. The van der Waals surface area contributed by atoms with E-state index in [-0.39, 0.29) is 5.91 Å². The lowest BCUT2D eigenvalue weighted by atomic mass is 10.1. The fourth-order valence-corrected chi connectivity index (χ4v) is 3.30. The van der Waals surface area contributed by atoms with E-state index in [1.165, 1.54) is 0 Å². The third-order valence-corrected chi connectivity index (χ3v) is 4.46. The molecule has 0 spiro atoms. The summed E-state index contributed by atoms with van der Waals surface area (Å²) < 4.78 is 0. The minimum absolute atomic E-state index is 0.133. The molecule has 5 heteroatoms. The van der Waals surface area contributed by atoms with Crippen LogP contribution >= 0.6 is 11.3 Å². The summed E-state index contributed by atoms with van der Waals surface area (Å²) in [5.74, 6) is 0.655. The van der Waals surface area contributed by atoms with E-state index in [1.54, 1.807) is 11.3 Å². The van der Waals surface area contributed by atoms with Crippen molar-refractivity contribution in [1.29, 1.82) is 0 Å². The molecule has 0 radical (unpaired) electrons. The van der Waals surface area contributed by atoms with Crippen LogP contribution in [0.1, 0.15) is 37.5 Å². The fraction of sp³-hybridized carbons (Fsp3) is 0.467. The van der Waals surface area contributed by atoms with E-state index in [2.05, 4.69) is 11.9 Å². The van der Waals surface area contributed by atoms with Gasteiger partial charge in [0.1, 0.15) is 5.84 Å². The summed E-state index contributed by atoms with van der Waals surface area (Å²) in [6.45, 7) is 2.94. The van der Waals surface area contributed by atoms with E-state index in [4.69, 9.17) is 5.73 Å². The third kappa shape index (κ3) is 2.63. The number of fused-ring (bicyclic) bond motifs is 1. The van der Waals surface area contributed by atoms with Crippen molar-refractivity contribution in [1.82, 2.24) is 4.90 Å². The van der Waals surface area contributed by atoms with Crippen molar-refractivity contribution >= 4 is 34.8 Å². The van der Waals surface area contributed by atoms with Gasteiger partial charge in [0.15, 0.2) is 0 Å². The number of hydrogen-bond acceptors (Lipinski definition) is 4. The fourth-order valence-electron chi connectivity index (χ4n) is 2.51. The zero-order valence-electron chi connectivity index (χ0n) is 11.6. The summed E-state index contributed by atoms with van der Waals surface area (Å²) in [4.78, 5) is 20.2. The van der Waals surface area contributed by atoms with Gasteiger partial charge in [-0.25, -0.2) is 4.99 Å². The molecule has 1 amide bonds. The molecule has 2 aliphatic rings. The highest BCUT2D eigenvalue weighted by molar-refractivity contribution is 7.11. The first kappa shape index (κ1) is 13.4. The lowest BCUT2D eigenvalue weighted by molar-refractivity contribution is -0.127. The molecular weight excluding hydrogens is 270 g/mol. The van der Waals surface area contributed by atoms with Gasteiger partial charge in [0.05, 0.1) is 10.6 Å². The van der Waals surface area contributed by atoms with Crippen LogP contribution in [0.2, 0.25) is 0 Å². The van der Waals surface area contributed by atoms with E-state index in [0.29, 0.717) is 18.3 Å². The van der Waals surface area contributed by atoms with E-state index in [0.717, 1.165) is 41.9 Å². The highest BCUT2D eigenvalue weighted by Gasteiger charge is 2.33. The molecule has 1 aromatic rings. The van der Waals surface area contributed by atoms with E-state index >= 15 is 0 Å². The second-order valence-electron chi connectivity index (χ2n) is 5.35. The normalized spacial score (nSPS) is 17.9. The molecule has 1 aliphatic carbocycles. The van der Waals surface area contributed by atoms with Gasteiger partial charge in [-0.1, -0.05) is 6.92 Å². The van der Waals surface area contributed by atoms with Gasteiger partial charge in [-0.15, -0.1) is 11.3 Å². The molecule has 4 nitrogen and oxygen atoms in total. The second kappa shape index (κ2) is 5.40. The molecule has 2 N–H and O–H groups in total. The number of carbonyl (C=O) groups excluding carboxylic acids is 1. The van der Waals surface area contributed by atoms with Gasteiger partial charge in [-0.2, -0.15) is 0 Å². The molecule has 1 aromatic heterocycles. The van der Waals surface area contributed by atoms with Gasteiger partial charge in [-0.05, 0) is 36.8 Å². The van der Waals surface area contributed by atoms with Crippen molar-refractivity contribution in [3.8, 4) is 0 Å². The molecule has 2 heterocycles. The number of rotatable bonds is 4. The first-order valence-electron chi connectivity index (χ1n) is 7.11. The van der Waals surface area contributed by atoms with Gasteiger partial charge in [-0.3, -0.25) is 4.79 Å². The molecule has 0 atom stereocenters. The summed E-state index contributed by atoms with van der Waals surface area (Å²) >= 11 is 1.60. The molecule has 1 aliphatic heterocycles. The number of amidine groups is 1. The van der Waals surface area contributed by atoms with Crippen LogP contribution in [-0.2, 0) is 4.79 Å². The second-order valence-corrected chi connectivity index (χ2v) is 6.30. The minimum atomic E-state index is 0.133. The van der Waals surface area contributed by atoms with E-state index in [9.17, 15) is 4.79 Å². The molecule has 106 valence electrons. The molecule has 1 saturated carbocycles.